The molecule has 4 rings (SSSR count). The van der Waals surface area contributed by atoms with Gasteiger partial charge in [0.05, 0.1) is 22.3 Å². The van der Waals surface area contributed by atoms with Crippen LogP contribution < -0.4 is 16.0 Å². The fourth-order valence-electron chi connectivity index (χ4n) is 4.36. The lowest BCUT2D eigenvalue weighted by molar-refractivity contribution is 0.0526. The van der Waals surface area contributed by atoms with E-state index in [-0.39, 0.29) is 17.8 Å². The highest BCUT2D eigenvalue weighted by Crippen LogP contribution is 2.35. The molecule has 42 heavy (non-hydrogen) atoms. The number of pyridine rings is 2. The topological polar surface area (TPSA) is 105 Å². The molecule has 0 aliphatic rings. The molecule has 0 bridgehead atoms. The Bertz CT molecular complexity index is 1560. The molecule has 2 aromatic heterocycles. The second kappa shape index (κ2) is 13.6. The molecular weight excluding hydrogens is 557 g/mol. The summed E-state index contributed by atoms with van der Waals surface area (Å²) in [6.07, 6.45) is 4.16. The van der Waals surface area contributed by atoms with E-state index in [4.69, 9.17) is 16.3 Å². The summed E-state index contributed by atoms with van der Waals surface area (Å²) in [5.41, 5.74) is 3.37. The lowest BCUT2D eigenvalue weighted by Crippen LogP contribution is -2.33. The number of carbonyl (C=O) groups is 2. The molecule has 2 amide bonds. The van der Waals surface area contributed by atoms with Crippen molar-refractivity contribution >= 4 is 40.2 Å². The number of anilines is 1. The molecule has 0 aliphatic carbocycles. The summed E-state index contributed by atoms with van der Waals surface area (Å²) in [4.78, 5) is 33.1. The van der Waals surface area contributed by atoms with E-state index >= 15 is 0 Å². The van der Waals surface area contributed by atoms with Gasteiger partial charge in [-0.2, -0.15) is 0 Å². The number of benzene rings is 2. The van der Waals surface area contributed by atoms with Crippen LogP contribution in [0.1, 0.15) is 62.6 Å². The third kappa shape index (κ3) is 8.16. The molecule has 3 N–H and O–H groups in total. The van der Waals surface area contributed by atoms with Gasteiger partial charge in [-0.15, -0.1) is 0 Å². The van der Waals surface area contributed by atoms with E-state index in [1.807, 2.05) is 52.0 Å². The molecule has 10 heteroatoms. The van der Waals surface area contributed by atoms with E-state index in [1.165, 1.54) is 6.07 Å². The molecule has 4 aromatic rings. The summed E-state index contributed by atoms with van der Waals surface area (Å²) in [6.45, 7) is 8.22. The summed E-state index contributed by atoms with van der Waals surface area (Å²) in [5, 5.41) is 10.1. The summed E-state index contributed by atoms with van der Waals surface area (Å²) >= 11 is 6.54. The van der Waals surface area contributed by atoms with E-state index in [9.17, 15) is 14.0 Å². The van der Waals surface area contributed by atoms with Gasteiger partial charge >= 0.3 is 6.09 Å². The van der Waals surface area contributed by atoms with E-state index < -0.39 is 11.7 Å². The van der Waals surface area contributed by atoms with Crippen LogP contribution in [0.25, 0.3) is 22.0 Å². The standard InChI is InChI=1S/C32H35ClFN5O3/c1-20(23-9-5-6-10-26(23)34)39-29-24-17-21(11-13-27(24)38-19-25(29)33)22-12-14-28(37-18-22)30(40)35-15-7-8-16-36-31(41)42-32(2,3)4/h5-6,9-14,17-20H,7-8,15-16H2,1-4H3,(H,35,40)(H,36,41)(H,38,39). The van der Waals surface area contributed by atoms with Crippen LogP contribution in [0.4, 0.5) is 14.9 Å². The van der Waals surface area contributed by atoms with Crippen LogP contribution in [-0.4, -0.2) is 40.7 Å². The zero-order chi connectivity index (χ0) is 30.3. The third-order valence-electron chi connectivity index (χ3n) is 6.44. The highest BCUT2D eigenvalue weighted by atomic mass is 35.5. The van der Waals surface area contributed by atoms with Gasteiger partial charge in [0, 0.05) is 42.0 Å². The number of alkyl carbamates (subject to hydrolysis) is 1. The van der Waals surface area contributed by atoms with Crippen molar-refractivity contribution in [3.63, 3.8) is 0 Å². The molecular formula is C32H35ClFN5O3. The van der Waals surface area contributed by atoms with Crippen molar-refractivity contribution in [1.82, 2.24) is 20.6 Å². The molecule has 0 saturated heterocycles. The second-order valence-corrected chi connectivity index (χ2v) is 11.3. The number of ether oxygens (including phenoxy) is 1. The first-order chi connectivity index (χ1) is 20.0. The van der Waals surface area contributed by atoms with Crippen LogP contribution in [0, 0.1) is 5.82 Å². The van der Waals surface area contributed by atoms with Gasteiger partial charge in [-0.25, -0.2) is 9.18 Å². The number of hydrogen-bond donors (Lipinski definition) is 3. The van der Waals surface area contributed by atoms with Crippen LogP contribution in [0.2, 0.25) is 5.02 Å². The molecule has 8 nitrogen and oxygen atoms in total. The number of carbonyl (C=O) groups excluding carboxylic acids is 2. The Labute approximate surface area is 250 Å². The van der Waals surface area contributed by atoms with Gasteiger partial charge in [0.25, 0.3) is 5.91 Å². The average Bonchev–Trinajstić information content (AvgIpc) is 2.95. The Morgan fingerprint density at radius 3 is 2.36 bits per heavy atom. The minimum Gasteiger partial charge on any atom is -0.444 e. The SMILES string of the molecule is CC(Nc1c(Cl)cnc2ccc(-c3ccc(C(=O)NCCCCNC(=O)OC(C)(C)C)nc3)cc12)c1ccccc1F. The predicted molar refractivity (Wildman–Crippen MR) is 164 cm³/mol. The van der Waals surface area contributed by atoms with Gasteiger partial charge in [0.2, 0.25) is 0 Å². The molecule has 2 heterocycles. The van der Waals surface area contributed by atoms with Crippen molar-refractivity contribution in [2.45, 2.75) is 52.2 Å². The van der Waals surface area contributed by atoms with E-state index in [0.717, 1.165) is 22.0 Å². The van der Waals surface area contributed by atoms with E-state index in [0.29, 0.717) is 47.9 Å². The highest BCUT2D eigenvalue weighted by molar-refractivity contribution is 6.34. The number of rotatable bonds is 10. The fourth-order valence-corrected chi connectivity index (χ4v) is 4.57. The maximum Gasteiger partial charge on any atom is 0.407 e. The van der Waals surface area contributed by atoms with Gasteiger partial charge in [-0.05, 0) is 70.4 Å². The molecule has 0 saturated carbocycles. The van der Waals surface area contributed by atoms with Gasteiger partial charge in [-0.3, -0.25) is 14.8 Å². The monoisotopic (exact) mass is 591 g/mol. The van der Waals surface area contributed by atoms with Crippen molar-refractivity contribution in [2.75, 3.05) is 18.4 Å². The number of nitrogens with zero attached hydrogens (tertiary/aromatic N) is 2. The zero-order valence-corrected chi connectivity index (χ0v) is 24.9. The number of aromatic nitrogens is 2. The smallest absolute Gasteiger partial charge is 0.407 e. The molecule has 1 unspecified atom stereocenters. The Hall–Kier alpha value is -4.24. The van der Waals surface area contributed by atoms with Crippen molar-refractivity contribution in [1.29, 1.82) is 0 Å². The van der Waals surface area contributed by atoms with Crippen molar-refractivity contribution in [3.05, 3.63) is 89.1 Å². The molecule has 0 fully saturated rings. The minimum atomic E-state index is -0.539. The predicted octanol–water partition coefficient (Wildman–Crippen LogP) is 7.30. The van der Waals surface area contributed by atoms with Crippen LogP contribution in [0.5, 0.6) is 0 Å². The number of nitrogens with one attached hydrogen (secondary N) is 3. The third-order valence-corrected chi connectivity index (χ3v) is 6.73. The first-order valence-corrected chi connectivity index (χ1v) is 14.2. The number of fused-ring (bicyclic) bond motifs is 1. The highest BCUT2D eigenvalue weighted by Gasteiger charge is 2.17. The minimum absolute atomic E-state index is 0.273. The molecule has 220 valence electrons. The molecule has 2 aromatic carbocycles. The van der Waals surface area contributed by atoms with Crippen LogP contribution in [0.3, 0.4) is 0 Å². The van der Waals surface area contributed by atoms with Gasteiger partial charge in [0.1, 0.15) is 17.1 Å². The number of halogens is 2. The van der Waals surface area contributed by atoms with E-state index in [1.54, 1.807) is 36.7 Å². The Kier molecular flexibility index (Phi) is 9.96. The summed E-state index contributed by atoms with van der Waals surface area (Å²) in [7, 11) is 0. The first-order valence-electron chi connectivity index (χ1n) is 13.8. The normalized spacial score (nSPS) is 12.0. The molecule has 0 radical (unpaired) electrons. The fraction of sp³-hybridized carbons (Fsp3) is 0.312. The van der Waals surface area contributed by atoms with Crippen LogP contribution >= 0.6 is 11.6 Å². The molecule has 1 atom stereocenters. The zero-order valence-electron chi connectivity index (χ0n) is 24.1. The van der Waals surface area contributed by atoms with Gasteiger partial charge < -0.3 is 20.7 Å². The Morgan fingerprint density at radius 2 is 1.67 bits per heavy atom. The number of unbranched alkanes of at least 4 members (excludes halogenated alkanes) is 1. The largest absolute Gasteiger partial charge is 0.444 e. The van der Waals surface area contributed by atoms with Gasteiger partial charge in [-0.1, -0.05) is 41.9 Å². The Balaban J connectivity index is 1.38. The van der Waals surface area contributed by atoms with Crippen molar-refractivity contribution in [2.24, 2.45) is 0 Å². The number of amides is 2. The lowest BCUT2D eigenvalue weighted by Gasteiger charge is -2.19. The maximum absolute atomic E-state index is 14.4. The van der Waals surface area contributed by atoms with Crippen molar-refractivity contribution in [3.8, 4) is 11.1 Å². The summed E-state index contributed by atoms with van der Waals surface area (Å²) in [6, 6.07) is 15.6. The van der Waals surface area contributed by atoms with Crippen LogP contribution in [-0.2, 0) is 4.74 Å². The second-order valence-electron chi connectivity index (χ2n) is 10.9. The summed E-state index contributed by atoms with van der Waals surface area (Å²) < 4.78 is 19.6. The molecule has 0 aliphatic heterocycles. The molecule has 0 spiro atoms. The lowest BCUT2D eigenvalue weighted by atomic mass is 10.0. The summed E-state index contributed by atoms with van der Waals surface area (Å²) in [5.74, 6) is -0.567. The van der Waals surface area contributed by atoms with Crippen LogP contribution in [0.15, 0.2) is 67.0 Å². The van der Waals surface area contributed by atoms with Crippen molar-refractivity contribution < 1.29 is 18.7 Å². The number of hydrogen-bond acceptors (Lipinski definition) is 6. The Morgan fingerprint density at radius 1 is 0.952 bits per heavy atom. The van der Waals surface area contributed by atoms with E-state index in [2.05, 4.69) is 25.9 Å². The quantitative estimate of drug-likeness (QED) is 0.167. The first kappa shape index (κ1) is 30.7. The maximum atomic E-state index is 14.4. The average molecular weight is 592 g/mol. The van der Waals surface area contributed by atoms with Gasteiger partial charge in [0.15, 0.2) is 0 Å².